The maximum Gasteiger partial charge on any atom is 0.143 e. The molecule has 0 spiro atoms. The SMILES string of the molecule is c1ccc(-c2cc3ccccc3c3c2oc2c(-c4ccc(N(c5ccc(-c6cc7ccccc7c7c6oc6ccccc67)cc5)c5cccc6ccccc56)cc4)cccc23)cc1. The molecule has 0 saturated heterocycles. The molecule has 0 N–H and O–H groups in total. The van der Waals surface area contributed by atoms with Crippen LogP contribution in [-0.4, -0.2) is 0 Å². The molecule has 63 heavy (non-hydrogen) atoms. The van der Waals surface area contributed by atoms with Crippen LogP contribution in [0.4, 0.5) is 17.1 Å². The molecule has 0 aliphatic rings. The Morgan fingerprint density at radius 3 is 1.44 bits per heavy atom. The lowest BCUT2D eigenvalue weighted by Gasteiger charge is -2.27. The number of para-hydroxylation sites is 2. The van der Waals surface area contributed by atoms with Crippen LogP contribution >= 0.6 is 0 Å². The molecule has 0 radical (unpaired) electrons. The van der Waals surface area contributed by atoms with Crippen molar-refractivity contribution >= 4 is 93.3 Å². The lowest BCUT2D eigenvalue weighted by atomic mass is 9.95. The second-order valence-electron chi connectivity index (χ2n) is 16.4. The van der Waals surface area contributed by atoms with Gasteiger partial charge in [0.25, 0.3) is 0 Å². The molecule has 294 valence electrons. The van der Waals surface area contributed by atoms with Gasteiger partial charge in [-0.05, 0) is 92.2 Å². The molecule has 0 amide bonds. The second kappa shape index (κ2) is 14.1. The van der Waals surface area contributed by atoms with Crippen LogP contribution in [0, 0.1) is 0 Å². The van der Waals surface area contributed by atoms with E-state index in [9.17, 15) is 0 Å². The Morgan fingerprint density at radius 2 is 0.762 bits per heavy atom. The van der Waals surface area contributed by atoms with E-state index in [1.54, 1.807) is 0 Å². The molecule has 0 aliphatic heterocycles. The summed E-state index contributed by atoms with van der Waals surface area (Å²) in [5.74, 6) is 0. The number of benzene rings is 11. The number of hydrogen-bond donors (Lipinski definition) is 0. The summed E-state index contributed by atoms with van der Waals surface area (Å²) < 4.78 is 13.6. The van der Waals surface area contributed by atoms with Crippen LogP contribution in [0.3, 0.4) is 0 Å². The minimum Gasteiger partial charge on any atom is -0.455 e. The van der Waals surface area contributed by atoms with Gasteiger partial charge in [-0.3, -0.25) is 0 Å². The number of furan rings is 2. The molecule has 0 unspecified atom stereocenters. The first-order chi connectivity index (χ1) is 31.2. The summed E-state index contributed by atoms with van der Waals surface area (Å²) in [6.45, 7) is 0. The second-order valence-corrected chi connectivity index (χ2v) is 16.4. The van der Waals surface area contributed by atoms with Gasteiger partial charge in [-0.1, -0.05) is 176 Å². The highest BCUT2D eigenvalue weighted by Gasteiger charge is 2.21. The molecule has 2 heterocycles. The van der Waals surface area contributed by atoms with Crippen molar-refractivity contribution in [1.82, 2.24) is 0 Å². The molecular weight excluding hydrogens is 767 g/mol. The quantitative estimate of drug-likeness (QED) is 0.168. The smallest absolute Gasteiger partial charge is 0.143 e. The summed E-state index contributed by atoms with van der Waals surface area (Å²) >= 11 is 0. The first-order valence-electron chi connectivity index (χ1n) is 21.5. The number of rotatable bonds is 6. The lowest BCUT2D eigenvalue weighted by Crippen LogP contribution is -2.10. The molecule has 0 fully saturated rings. The van der Waals surface area contributed by atoms with Gasteiger partial charge in [-0.25, -0.2) is 0 Å². The first-order valence-corrected chi connectivity index (χ1v) is 21.5. The van der Waals surface area contributed by atoms with Crippen molar-refractivity contribution in [1.29, 1.82) is 0 Å². The van der Waals surface area contributed by atoms with Crippen LogP contribution in [0.1, 0.15) is 0 Å². The summed E-state index contributed by atoms with van der Waals surface area (Å²) in [7, 11) is 0. The molecule has 0 bridgehead atoms. The predicted molar refractivity (Wildman–Crippen MR) is 265 cm³/mol. The van der Waals surface area contributed by atoms with Crippen LogP contribution in [0.2, 0.25) is 0 Å². The third-order valence-corrected chi connectivity index (χ3v) is 12.8. The Morgan fingerprint density at radius 1 is 0.286 bits per heavy atom. The molecule has 0 atom stereocenters. The van der Waals surface area contributed by atoms with E-state index < -0.39 is 0 Å². The highest BCUT2D eigenvalue weighted by atomic mass is 16.3. The van der Waals surface area contributed by atoms with E-state index in [0.717, 1.165) is 94.3 Å². The zero-order chi connectivity index (χ0) is 41.4. The fourth-order valence-corrected chi connectivity index (χ4v) is 9.91. The van der Waals surface area contributed by atoms with E-state index in [1.807, 2.05) is 6.07 Å². The minimum atomic E-state index is 0.891. The number of nitrogens with zero attached hydrogens (tertiary/aromatic N) is 1. The molecular formula is C60H37NO2. The number of hydrogen-bond acceptors (Lipinski definition) is 3. The van der Waals surface area contributed by atoms with Crippen LogP contribution in [0.15, 0.2) is 233 Å². The first kappa shape index (κ1) is 35.4. The summed E-state index contributed by atoms with van der Waals surface area (Å²) in [4.78, 5) is 2.37. The molecule has 0 aliphatic carbocycles. The van der Waals surface area contributed by atoms with Crippen LogP contribution in [0.5, 0.6) is 0 Å². The highest BCUT2D eigenvalue weighted by molar-refractivity contribution is 6.24. The Bertz CT molecular complexity index is 3890. The maximum atomic E-state index is 6.99. The average Bonchev–Trinajstić information content (AvgIpc) is 3.95. The van der Waals surface area contributed by atoms with E-state index >= 15 is 0 Å². The van der Waals surface area contributed by atoms with Gasteiger partial charge in [0.05, 0.1) is 5.69 Å². The Kier molecular flexibility index (Phi) is 7.91. The van der Waals surface area contributed by atoms with Crippen molar-refractivity contribution in [3.63, 3.8) is 0 Å². The summed E-state index contributed by atoms with van der Waals surface area (Å²) in [5, 5.41) is 11.7. The summed E-state index contributed by atoms with van der Waals surface area (Å²) in [6.07, 6.45) is 0. The normalized spacial score (nSPS) is 11.8. The van der Waals surface area contributed by atoms with Gasteiger partial charge < -0.3 is 13.7 Å². The van der Waals surface area contributed by atoms with E-state index in [-0.39, 0.29) is 0 Å². The zero-order valence-corrected chi connectivity index (χ0v) is 34.1. The van der Waals surface area contributed by atoms with Crippen molar-refractivity contribution in [2.75, 3.05) is 4.90 Å². The van der Waals surface area contributed by atoms with Crippen LogP contribution in [0.25, 0.3) is 110 Å². The Hall–Kier alpha value is -8.40. The van der Waals surface area contributed by atoms with Gasteiger partial charge in [-0.15, -0.1) is 0 Å². The Balaban J connectivity index is 0.951. The fourth-order valence-electron chi connectivity index (χ4n) is 9.91. The molecule has 2 aromatic heterocycles. The van der Waals surface area contributed by atoms with Gasteiger partial charge in [0.2, 0.25) is 0 Å². The van der Waals surface area contributed by atoms with Gasteiger partial charge >= 0.3 is 0 Å². The number of anilines is 3. The van der Waals surface area contributed by atoms with Gasteiger partial charge in [0.1, 0.15) is 22.3 Å². The van der Waals surface area contributed by atoms with Crippen molar-refractivity contribution in [2.24, 2.45) is 0 Å². The highest BCUT2D eigenvalue weighted by Crippen LogP contribution is 2.46. The largest absolute Gasteiger partial charge is 0.455 e. The fraction of sp³-hybridized carbons (Fsp3) is 0. The lowest BCUT2D eigenvalue weighted by molar-refractivity contribution is 0.670. The monoisotopic (exact) mass is 803 g/mol. The Labute approximate surface area is 363 Å². The summed E-state index contributed by atoms with van der Waals surface area (Å²) in [5.41, 5.74) is 13.4. The van der Waals surface area contributed by atoms with E-state index in [2.05, 4.69) is 223 Å². The molecule has 3 heteroatoms. The molecule has 3 nitrogen and oxygen atoms in total. The van der Waals surface area contributed by atoms with Crippen LogP contribution < -0.4 is 4.90 Å². The van der Waals surface area contributed by atoms with Crippen molar-refractivity contribution < 1.29 is 8.83 Å². The molecule has 11 aromatic carbocycles. The molecule has 0 saturated carbocycles. The van der Waals surface area contributed by atoms with E-state index in [0.29, 0.717) is 0 Å². The van der Waals surface area contributed by atoms with Gasteiger partial charge in [0.15, 0.2) is 0 Å². The third kappa shape index (κ3) is 5.60. The standard InChI is InChI=1S/C60H37NO2/c1-2-14-39(15-3-1)52-36-43-18-6-9-22-48(43)57-51-25-13-24-49(58(51)63-60(52)57)40-28-32-44(33-29-40)61(54-26-12-19-38-16-4-7-20-46(38)54)45-34-30-41(31-35-45)53-37-42-17-5-8-21-47(42)56-50-23-10-11-27-55(50)62-59(53)56/h1-37H. The van der Waals surface area contributed by atoms with Crippen LogP contribution in [-0.2, 0) is 0 Å². The van der Waals surface area contributed by atoms with E-state index in [1.165, 1.54) is 32.3 Å². The van der Waals surface area contributed by atoms with Gasteiger partial charge in [-0.2, -0.15) is 0 Å². The average molecular weight is 804 g/mol. The third-order valence-electron chi connectivity index (χ3n) is 12.8. The topological polar surface area (TPSA) is 29.5 Å². The zero-order valence-electron chi connectivity index (χ0n) is 34.1. The molecule has 13 aromatic rings. The predicted octanol–water partition coefficient (Wildman–Crippen LogP) is 17.4. The maximum absolute atomic E-state index is 6.99. The molecule has 13 rings (SSSR count). The number of fused-ring (bicyclic) bond motifs is 11. The minimum absolute atomic E-state index is 0.891. The van der Waals surface area contributed by atoms with Gasteiger partial charge in [0, 0.05) is 55.0 Å². The van der Waals surface area contributed by atoms with Crippen molar-refractivity contribution in [2.45, 2.75) is 0 Å². The summed E-state index contributed by atoms with van der Waals surface area (Å²) in [6, 6.07) is 80.2. The van der Waals surface area contributed by atoms with Crippen molar-refractivity contribution in [3.05, 3.63) is 224 Å². The van der Waals surface area contributed by atoms with E-state index in [4.69, 9.17) is 8.83 Å². The van der Waals surface area contributed by atoms with Crippen molar-refractivity contribution in [3.8, 4) is 33.4 Å².